The minimum Gasteiger partial charge on any atom is -0.298 e. The van der Waals surface area contributed by atoms with E-state index in [-0.39, 0.29) is 0 Å². The molecule has 0 aromatic heterocycles. The molecule has 11 heavy (non-hydrogen) atoms. The Kier molecular flexibility index (Phi) is 2.76. The number of benzene rings is 1. The van der Waals surface area contributed by atoms with Gasteiger partial charge in [0.15, 0.2) is 6.29 Å². The number of carbonyl (C=O) groups is 1. The van der Waals surface area contributed by atoms with Crippen molar-refractivity contribution in [3.8, 4) is 0 Å². The highest BCUT2D eigenvalue weighted by Gasteiger charge is 2.03. The fourth-order valence-electron chi connectivity index (χ4n) is 0.830. The number of halogens is 2. The molecule has 1 rings (SSSR count). The van der Waals surface area contributed by atoms with E-state index >= 15 is 0 Å². The van der Waals surface area contributed by atoms with Gasteiger partial charge in [0, 0.05) is 10.0 Å². The molecule has 1 nitrogen and oxygen atoms in total. The molecule has 0 N–H and O–H groups in total. The SMILES string of the molecule is O=Cc1c(Br)cccc1CF. The summed E-state index contributed by atoms with van der Waals surface area (Å²) in [4.78, 5) is 10.4. The van der Waals surface area contributed by atoms with Crippen LogP contribution in [0.15, 0.2) is 22.7 Å². The summed E-state index contributed by atoms with van der Waals surface area (Å²) in [7, 11) is 0. The van der Waals surface area contributed by atoms with E-state index in [0.29, 0.717) is 21.9 Å². The minimum atomic E-state index is -0.604. The van der Waals surface area contributed by atoms with Crippen molar-refractivity contribution in [3.05, 3.63) is 33.8 Å². The molecule has 0 radical (unpaired) electrons. The van der Waals surface area contributed by atoms with Crippen LogP contribution in [-0.2, 0) is 6.67 Å². The fourth-order valence-corrected chi connectivity index (χ4v) is 1.33. The maximum absolute atomic E-state index is 12.2. The highest BCUT2D eigenvalue weighted by atomic mass is 79.9. The van der Waals surface area contributed by atoms with E-state index in [4.69, 9.17) is 0 Å². The first kappa shape index (κ1) is 8.40. The third-order valence-electron chi connectivity index (χ3n) is 1.41. The Morgan fingerprint density at radius 1 is 1.55 bits per heavy atom. The molecule has 0 spiro atoms. The second-order valence-electron chi connectivity index (χ2n) is 2.06. The van der Waals surface area contributed by atoms with Gasteiger partial charge in [-0.05, 0) is 11.6 Å². The zero-order chi connectivity index (χ0) is 8.27. The smallest absolute Gasteiger partial charge is 0.151 e. The molecule has 1 aromatic carbocycles. The maximum atomic E-state index is 12.2. The van der Waals surface area contributed by atoms with E-state index in [9.17, 15) is 9.18 Å². The lowest BCUT2D eigenvalue weighted by molar-refractivity contribution is 0.112. The van der Waals surface area contributed by atoms with Crippen LogP contribution in [0, 0.1) is 0 Å². The molecule has 3 heteroatoms. The van der Waals surface area contributed by atoms with E-state index < -0.39 is 6.67 Å². The summed E-state index contributed by atoms with van der Waals surface area (Å²) >= 11 is 3.15. The summed E-state index contributed by atoms with van der Waals surface area (Å²) in [6.07, 6.45) is 0.652. The summed E-state index contributed by atoms with van der Waals surface area (Å²) in [5.41, 5.74) is 0.823. The van der Waals surface area contributed by atoms with Crippen LogP contribution in [0.4, 0.5) is 4.39 Å². The Hall–Kier alpha value is -0.700. The highest BCUT2D eigenvalue weighted by molar-refractivity contribution is 9.10. The van der Waals surface area contributed by atoms with Gasteiger partial charge in [0.1, 0.15) is 6.67 Å². The van der Waals surface area contributed by atoms with Crippen molar-refractivity contribution < 1.29 is 9.18 Å². The molecule has 0 unspecified atom stereocenters. The number of hydrogen-bond acceptors (Lipinski definition) is 1. The van der Waals surface area contributed by atoms with Crippen LogP contribution in [0.3, 0.4) is 0 Å². The van der Waals surface area contributed by atoms with Crippen LogP contribution in [-0.4, -0.2) is 6.29 Å². The third kappa shape index (κ3) is 1.66. The third-order valence-corrected chi connectivity index (χ3v) is 2.10. The van der Waals surface area contributed by atoms with Crippen molar-refractivity contribution in [2.75, 3.05) is 0 Å². The molecule has 1 aromatic rings. The van der Waals surface area contributed by atoms with Crippen LogP contribution in [0.5, 0.6) is 0 Å². The molecule has 58 valence electrons. The van der Waals surface area contributed by atoms with Gasteiger partial charge in [-0.3, -0.25) is 4.79 Å². The topological polar surface area (TPSA) is 17.1 Å². The van der Waals surface area contributed by atoms with Crippen molar-refractivity contribution >= 4 is 22.2 Å². The lowest BCUT2D eigenvalue weighted by Crippen LogP contribution is -1.90. The second kappa shape index (κ2) is 3.62. The van der Waals surface area contributed by atoms with Crippen LogP contribution in [0.1, 0.15) is 15.9 Å². The standard InChI is InChI=1S/C8H6BrFO/c9-8-3-1-2-6(4-10)7(8)5-11/h1-3,5H,4H2. The van der Waals surface area contributed by atoms with Crippen molar-refractivity contribution in [2.24, 2.45) is 0 Å². The molecule has 0 saturated carbocycles. The molecule has 0 aliphatic carbocycles. The Labute approximate surface area is 72.4 Å². The Morgan fingerprint density at radius 3 is 2.73 bits per heavy atom. The molecule has 0 saturated heterocycles. The van der Waals surface area contributed by atoms with E-state index in [1.807, 2.05) is 0 Å². The van der Waals surface area contributed by atoms with E-state index in [0.717, 1.165) is 0 Å². The zero-order valence-corrected chi connectivity index (χ0v) is 7.27. The minimum absolute atomic E-state index is 0.398. The molecular weight excluding hydrogens is 211 g/mol. The molecule has 0 aliphatic heterocycles. The number of alkyl halides is 1. The van der Waals surface area contributed by atoms with Crippen LogP contribution in [0.25, 0.3) is 0 Å². The van der Waals surface area contributed by atoms with Crippen molar-refractivity contribution in [2.45, 2.75) is 6.67 Å². The number of carbonyl (C=O) groups excluding carboxylic acids is 1. The first-order chi connectivity index (χ1) is 5.29. The first-order valence-electron chi connectivity index (χ1n) is 3.08. The molecule has 0 amide bonds. The van der Waals surface area contributed by atoms with Gasteiger partial charge in [0.2, 0.25) is 0 Å². The van der Waals surface area contributed by atoms with Crippen LogP contribution >= 0.6 is 15.9 Å². The molecule has 0 aliphatic rings. The molecule has 0 atom stereocenters. The number of rotatable bonds is 2. The molecule has 0 heterocycles. The monoisotopic (exact) mass is 216 g/mol. The lowest BCUT2D eigenvalue weighted by Gasteiger charge is -2.00. The summed E-state index contributed by atoms with van der Waals surface area (Å²) in [5.74, 6) is 0. The quantitative estimate of drug-likeness (QED) is 0.696. The van der Waals surface area contributed by atoms with E-state index in [1.165, 1.54) is 0 Å². The van der Waals surface area contributed by atoms with Crippen molar-refractivity contribution in [1.82, 2.24) is 0 Å². The predicted octanol–water partition coefficient (Wildman–Crippen LogP) is 2.73. The number of hydrogen-bond donors (Lipinski definition) is 0. The maximum Gasteiger partial charge on any atom is 0.151 e. The van der Waals surface area contributed by atoms with Gasteiger partial charge in [-0.1, -0.05) is 28.1 Å². The number of aldehydes is 1. The van der Waals surface area contributed by atoms with Crippen LogP contribution < -0.4 is 0 Å². The van der Waals surface area contributed by atoms with Gasteiger partial charge in [0.05, 0.1) is 0 Å². The summed E-state index contributed by atoms with van der Waals surface area (Å²) in [6, 6.07) is 5.00. The largest absolute Gasteiger partial charge is 0.298 e. The summed E-state index contributed by atoms with van der Waals surface area (Å²) < 4.78 is 12.8. The summed E-state index contributed by atoms with van der Waals surface area (Å²) in [6.45, 7) is -0.604. The van der Waals surface area contributed by atoms with Gasteiger partial charge >= 0.3 is 0 Å². The summed E-state index contributed by atoms with van der Waals surface area (Å²) in [5, 5.41) is 0. The second-order valence-corrected chi connectivity index (χ2v) is 2.92. The zero-order valence-electron chi connectivity index (χ0n) is 5.68. The highest BCUT2D eigenvalue weighted by Crippen LogP contribution is 2.19. The molecular formula is C8H6BrFO. The van der Waals surface area contributed by atoms with E-state index in [1.54, 1.807) is 18.2 Å². The fraction of sp³-hybridized carbons (Fsp3) is 0.125. The predicted molar refractivity (Wildman–Crippen MR) is 44.3 cm³/mol. The van der Waals surface area contributed by atoms with Crippen LogP contribution in [0.2, 0.25) is 0 Å². The normalized spacial score (nSPS) is 9.64. The van der Waals surface area contributed by atoms with Gasteiger partial charge in [-0.2, -0.15) is 0 Å². The molecule has 0 fully saturated rings. The average molecular weight is 217 g/mol. The van der Waals surface area contributed by atoms with Gasteiger partial charge in [0.25, 0.3) is 0 Å². The Balaban J connectivity index is 3.24. The van der Waals surface area contributed by atoms with Crippen molar-refractivity contribution in [1.29, 1.82) is 0 Å². The molecule has 0 bridgehead atoms. The Morgan fingerprint density at radius 2 is 2.27 bits per heavy atom. The lowest BCUT2D eigenvalue weighted by atomic mass is 10.1. The Bertz CT molecular complexity index is 273. The van der Waals surface area contributed by atoms with E-state index in [2.05, 4.69) is 15.9 Å². The van der Waals surface area contributed by atoms with Gasteiger partial charge < -0.3 is 0 Å². The first-order valence-corrected chi connectivity index (χ1v) is 3.87. The van der Waals surface area contributed by atoms with Gasteiger partial charge in [-0.15, -0.1) is 0 Å². The average Bonchev–Trinajstić information content (AvgIpc) is 2.04. The van der Waals surface area contributed by atoms with Gasteiger partial charge in [-0.25, -0.2) is 4.39 Å². The van der Waals surface area contributed by atoms with Crippen molar-refractivity contribution in [3.63, 3.8) is 0 Å².